The first-order valence-corrected chi connectivity index (χ1v) is 4.74. The lowest BCUT2D eigenvalue weighted by Crippen LogP contribution is -2.08. The van der Waals surface area contributed by atoms with Gasteiger partial charge in [0.1, 0.15) is 6.29 Å². The Kier molecular flexibility index (Phi) is 2.39. The normalized spacial score (nSPS) is 18.2. The van der Waals surface area contributed by atoms with E-state index in [0.717, 1.165) is 12.7 Å². The Hall–Kier alpha value is -1.18. The van der Waals surface area contributed by atoms with Gasteiger partial charge in [-0.15, -0.1) is 0 Å². The number of hydrogen-bond acceptors (Lipinski definition) is 2. The molecule has 2 nitrogen and oxygen atoms in total. The molecule has 0 aliphatic heterocycles. The zero-order valence-electron chi connectivity index (χ0n) is 7.52. The van der Waals surface area contributed by atoms with Crippen LogP contribution in [0.15, 0.2) is 24.5 Å². The SMILES string of the molecule is O=CC(Cc1cccnc1)C1CC1. The molecule has 0 bridgehead atoms. The maximum Gasteiger partial charge on any atom is 0.123 e. The van der Waals surface area contributed by atoms with Crippen LogP contribution >= 0.6 is 0 Å². The Balaban J connectivity index is 1.99. The van der Waals surface area contributed by atoms with Gasteiger partial charge in [0.2, 0.25) is 0 Å². The first-order chi connectivity index (χ1) is 6.40. The minimum Gasteiger partial charge on any atom is -0.303 e. The van der Waals surface area contributed by atoms with E-state index in [9.17, 15) is 4.79 Å². The van der Waals surface area contributed by atoms with E-state index in [1.165, 1.54) is 18.4 Å². The van der Waals surface area contributed by atoms with E-state index in [1.807, 2.05) is 18.3 Å². The first kappa shape index (κ1) is 8.42. The molecule has 1 saturated carbocycles. The Bertz CT molecular complexity index is 279. The second kappa shape index (κ2) is 3.69. The minimum atomic E-state index is 0.226. The van der Waals surface area contributed by atoms with Crippen LogP contribution in [0.1, 0.15) is 18.4 Å². The third-order valence-electron chi connectivity index (χ3n) is 2.60. The van der Waals surface area contributed by atoms with Crippen molar-refractivity contribution >= 4 is 6.29 Å². The fraction of sp³-hybridized carbons (Fsp3) is 0.455. The Morgan fingerprint density at radius 3 is 3.00 bits per heavy atom. The number of carbonyl (C=O) groups is 1. The number of hydrogen-bond donors (Lipinski definition) is 0. The summed E-state index contributed by atoms with van der Waals surface area (Å²) in [5, 5.41) is 0. The molecule has 1 unspecified atom stereocenters. The summed E-state index contributed by atoms with van der Waals surface area (Å²) < 4.78 is 0. The number of nitrogens with zero attached hydrogens (tertiary/aromatic N) is 1. The lowest BCUT2D eigenvalue weighted by molar-refractivity contribution is -0.111. The zero-order valence-corrected chi connectivity index (χ0v) is 7.52. The molecule has 1 atom stereocenters. The van der Waals surface area contributed by atoms with Crippen LogP contribution in [0.4, 0.5) is 0 Å². The van der Waals surface area contributed by atoms with Gasteiger partial charge in [0.05, 0.1) is 0 Å². The van der Waals surface area contributed by atoms with Crippen molar-refractivity contribution in [3.63, 3.8) is 0 Å². The van der Waals surface area contributed by atoms with Gasteiger partial charge in [0.25, 0.3) is 0 Å². The second-order valence-corrected chi connectivity index (χ2v) is 3.70. The predicted octanol–water partition coefficient (Wildman–Crippen LogP) is 1.85. The number of aldehydes is 1. The van der Waals surface area contributed by atoms with Gasteiger partial charge in [-0.25, -0.2) is 0 Å². The van der Waals surface area contributed by atoms with Crippen LogP contribution in [0.2, 0.25) is 0 Å². The number of aromatic nitrogens is 1. The Morgan fingerprint density at radius 2 is 2.46 bits per heavy atom. The predicted molar refractivity (Wildman–Crippen MR) is 50.2 cm³/mol. The van der Waals surface area contributed by atoms with Crippen LogP contribution < -0.4 is 0 Å². The highest BCUT2D eigenvalue weighted by Crippen LogP contribution is 2.37. The topological polar surface area (TPSA) is 30.0 Å². The highest BCUT2D eigenvalue weighted by Gasteiger charge is 2.30. The van der Waals surface area contributed by atoms with Gasteiger partial charge in [-0.05, 0) is 36.8 Å². The Morgan fingerprint density at radius 1 is 1.62 bits per heavy atom. The van der Waals surface area contributed by atoms with E-state index >= 15 is 0 Å². The van der Waals surface area contributed by atoms with Crippen LogP contribution in [-0.4, -0.2) is 11.3 Å². The van der Waals surface area contributed by atoms with Gasteiger partial charge < -0.3 is 4.79 Å². The lowest BCUT2D eigenvalue weighted by Gasteiger charge is -2.07. The highest BCUT2D eigenvalue weighted by atomic mass is 16.1. The maximum absolute atomic E-state index is 10.8. The number of pyridine rings is 1. The van der Waals surface area contributed by atoms with E-state index < -0.39 is 0 Å². The fourth-order valence-corrected chi connectivity index (χ4v) is 1.64. The third kappa shape index (κ3) is 2.14. The van der Waals surface area contributed by atoms with Crippen LogP contribution in [0.3, 0.4) is 0 Å². The van der Waals surface area contributed by atoms with Crippen molar-refractivity contribution in [2.75, 3.05) is 0 Å². The van der Waals surface area contributed by atoms with Gasteiger partial charge in [-0.1, -0.05) is 6.07 Å². The molecule has 1 heterocycles. The maximum atomic E-state index is 10.8. The van der Waals surface area contributed by atoms with Gasteiger partial charge in [-0.3, -0.25) is 4.98 Å². The van der Waals surface area contributed by atoms with Crippen molar-refractivity contribution in [2.24, 2.45) is 11.8 Å². The molecule has 0 radical (unpaired) electrons. The zero-order chi connectivity index (χ0) is 9.10. The summed E-state index contributed by atoms with van der Waals surface area (Å²) in [7, 11) is 0. The molecule has 1 aromatic heterocycles. The fourth-order valence-electron chi connectivity index (χ4n) is 1.64. The average molecular weight is 175 g/mol. The molecule has 1 aliphatic carbocycles. The highest BCUT2D eigenvalue weighted by molar-refractivity contribution is 5.55. The summed E-state index contributed by atoms with van der Waals surface area (Å²) in [5.74, 6) is 0.877. The van der Waals surface area contributed by atoms with Crippen molar-refractivity contribution in [1.82, 2.24) is 4.98 Å². The molecule has 0 spiro atoms. The monoisotopic (exact) mass is 175 g/mol. The van der Waals surface area contributed by atoms with Crippen LogP contribution in [0, 0.1) is 11.8 Å². The molecule has 1 aromatic rings. The molecule has 0 saturated heterocycles. The summed E-state index contributed by atoms with van der Waals surface area (Å²) in [5.41, 5.74) is 1.17. The minimum absolute atomic E-state index is 0.226. The largest absolute Gasteiger partial charge is 0.303 e. The number of carbonyl (C=O) groups excluding carboxylic acids is 1. The molecule has 0 amide bonds. The van der Waals surface area contributed by atoms with Gasteiger partial charge in [0, 0.05) is 18.3 Å². The van der Waals surface area contributed by atoms with E-state index in [4.69, 9.17) is 0 Å². The molecule has 68 valence electrons. The van der Waals surface area contributed by atoms with Gasteiger partial charge >= 0.3 is 0 Å². The second-order valence-electron chi connectivity index (χ2n) is 3.70. The van der Waals surface area contributed by atoms with Crippen LogP contribution in [0.25, 0.3) is 0 Å². The van der Waals surface area contributed by atoms with Crippen molar-refractivity contribution in [3.05, 3.63) is 30.1 Å². The van der Waals surface area contributed by atoms with E-state index in [2.05, 4.69) is 4.98 Å². The summed E-state index contributed by atoms with van der Waals surface area (Å²) >= 11 is 0. The van der Waals surface area contributed by atoms with E-state index in [0.29, 0.717) is 5.92 Å². The standard InChI is InChI=1S/C11H13NO/c13-8-11(10-3-4-10)6-9-2-1-5-12-7-9/h1-2,5,7-8,10-11H,3-4,6H2. The van der Waals surface area contributed by atoms with Crippen molar-refractivity contribution in [3.8, 4) is 0 Å². The van der Waals surface area contributed by atoms with Crippen molar-refractivity contribution in [2.45, 2.75) is 19.3 Å². The van der Waals surface area contributed by atoms with Crippen LogP contribution in [0.5, 0.6) is 0 Å². The quantitative estimate of drug-likeness (QED) is 0.654. The smallest absolute Gasteiger partial charge is 0.123 e. The first-order valence-electron chi connectivity index (χ1n) is 4.74. The summed E-state index contributed by atoms with van der Waals surface area (Å²) in [6, 6.07) is 3.95. The lowest BCUT2D eigenvalue weighted by atomic mass is 9.97. The van der Waals surface area contributed by atoms with Gasteiger partial charge in [0.15, 0.2) is 0 Å². The Labute approximate surface area is 78.0 Å². The molecule has 1 aliphatic rings. The molecule has 0 N–H and O–H groups in total. The van der Waals surface area contributed by atoms with Crippen molar-refractivity contribution < 1.29 is 4.79 Å². The molecule has 2 rings (SSSR count). The van der Waals surface area contributed by atoms with Gasteiger partial charge in [-0.2, -0.15) is 0 Å². The molecular formula is C11H13NO. The van der Waals surface area contributed by atoms with Crippen molar-refractivity contribution in [1.29, 1.82) is 0 Å². The summed E-state index contributed by atoms with van der Waals surface area (Å²) in [6.07, 6.45) is 8.02. The summed E-state index contributed by atoms with van der Waals surface area (Å²) in [4.78, 5) is 14.8. The molecule has 1 fully saturated rings. The molecular weight excluding hydrogens is 162 g/mol. The molecule has 0 aromatic carbocycles. The molecule has 13 heavy (non-hydrogen) atoms. The molecule has 2 heteroatoms. The van der Waals surface area contributed by atoms with E-state index in [-0.39, 0.29) is 5.92 Å². The number of rotatable bonds is 4. The van der Waals surface area contributed by atoms with Crippen LogP contribution in [-0.2, 0) is 11.2 Å². The third-order valence-corrected chi connectivity index (χ3v) is 2.60. The average Bonchev–Trinajstić information content (AvgIpc) is 2.99. The summed E-state index contributed by atoms with van der Waals surface area (Å²) in [6.45, 7) is 0. The van der Waals surface area contributed by atoms with E-state index in [1.54, 1.807) is 6.20 Å².